The van der Waals surface area contributed by atoms with Gasteiger partial charge in [-0.2, -0.15) is 0 Å². The third kappa shape index (κ3) is 6.10. The minimum atomic E-state index is -3.39. The zero-order valence-corrected chi connectivity index (χ0v) is 17.2. The highest BCUT2D eigenvalue weighted by Crippen LogP contribution is 2.26. The summed E-state index contributed by atoms with van der Waals surface area (Å²) in [5.74, 6) is -0.304. The monoisotopic (exact) mass is 432 g/mol. The Balaban J connectivity index is 2.09. The van der Waals surface area contributed by atoms with Gasteiger partial charge >= 0.3 is 0 Å². The zero-order chi connectivity index (χ0) is 19.3. The molecular formula is C17H18Cl2N2O3S2. The van der Waals surface area contributed by atoms with E-state index in [0.717, 1.165) is 11.1 Å². The zero-order valence-electron chi connectivity index (χ0n) is 14.0. The van der Waals surface area contributed by atoms with Gasteiger partial charge in [0.25, 0.3) is 0 Å². The lowest BCUT2D eigenvalue weighted by Gasteiger charge is -2.19. The van der Waals surface area contributed by atoms with Crippen LogP contribution in [-0.2, 0) is 21.2 Å². The summed E-state index contributed by atoms with van der Waals surface area (Å²) in [7, 11) is -3.39. The molecule has 0 fully saturated rings. The average Bonchev–Trinajstić information content (AvgIpc) is 2.93. The van der Waals surface area contributed by atoms with Crippen molar-refractivity contribution in [1.29, 1.82) is 0 Å². The molecule has 0 saturated carbocycles. The maximum atomic E-state index is 12.4. The van der Waals surface area contributed by atoms with Gasteiger partial charge in [-0.05, 0) is 30.3 Å². The second-order valence-electron chi connectivity index (χ2n) is 5.63. The third-order valence-electron chi connectivity index (χ3n) is 3.40. The van der Waals surface area contributed by atoms with Crippen LogP contribution in [0.5, 0.6) is 0 Å². The van der Waals surface area contributed by atoms with E-state index in [1.807, 2.05) is 17.0 Å². The highest BCUT2D eigenvalue weighted by atomic mass is 35.5. The van der Waals surface area contributed by atoms with Crippen LogP contribution < -0.4 is 5.32 Å². The summed E-state index contributed by atoms with van der Waals surface area (Å²) in [4.78, 5) is 15.4. The normalized spacial score (nSPS) is 11.5. The first-order chi connectivity index (χ1) is 12.2. The van der Waals surface area contributed by atoms with Crippen molar-refractivity contribution in [3.63, 3.8) is 0 Å². The first kappa shape index (κ1) is 20.9. The molecule has 1 heterocycles. The fourth-order valence-corrected chi connectivity index (χ4v) is 4.19. The SMILES string of the molecule is C=CCN(CC(=O)Nc1cc(S(C)(=O)=O)ccc1Cl)Cc1ccc(Cl)s1. The lowest BCUT2D eigenvalue weighted by Crippen LogP contribution is -2.32. The van der Waals surface area contributed by atoms with Gasteiger partial charge in [0.05, 0.1) is 26.5 Å². The van der Waals surface area contributed by atoms with E-state index in [2.05, 4.69) is 11.9 Å². The molecule has 0 saturated heterocycles. The highest BCUT2D eigenvalue weighted by Gasteiger charge is 2.15. The number of nitrogens with zero attached hydrogens (tertiary/aromatic N) is 1. The molecule has 1 amide bonds. The van der Waals surface area contributed by atoms with Crippen molar-refractivity contribution in [3.8, 4) is 0 Å². The van der Waals surface area contributed by atoms with Crippen LogP contribution in [-0.4, -0.2) is 38.6 Å². The average molecular weight is 433 g/mol. The van der Waals surface area contributed by atoms with Gasteiger partial charge in [-0.1, -0.05) is 29.3 Å². The summed E-state index contributed by atoms with van der Waals surface area (Å²) in [6.45, 7) is 4.87. The van der Waals surface area contributed by atoms with Crippen molar-refractivity contribution in [2.75, 3.05) is 24.7 Å². The number of carbonyl (C=O) groups is 1. The lowest BCUT2D eigenvalue weighted by atomic mass is 10.3. The Hall–Kier alpha value is -1.38. The molecule has 0 aliphatic heterocycles. The van der Waals surface area contributed by atoms with Crippen molar-refractivity contribution in [1.82, 2.24) is 4.90 Å². The van der Waals surface area contributed by atoms with Crippen LogP contribution >= 0.6 is 34.5 Å². The van der Waals surface area contributed by atoms with E-state index in [4.69, 9.17) is 23.2 Å². The van der Waals surface area contributed by atoms with Gasteiger partial charge < -0.3 is 5.32 Å². The van der Waals surface area contributed by atoms with E-state index in [0.29, 0.717) is 17.4 Å². The van der Waals surface area contributed by atoms with Gasteiger partial charge in [-0.3, -0.25) is 9.69 Å². The fraction of sp³-hybridized carbons (Fsp3) is 0.235. The number of carbonyl (C=O) groups excluding carboxylic acids is 1. The Morgan fingerprint density at radius 1 is 1.31 bits per heavy atom. The van der Waals surface area contributed by atoms with Gasteiger partial charge in [-0.15, -0.1) is 17.9 Å². The van der Waals surface area contributed by atoms with Crippen molar-refractivity contribution in [2.45, 2.75) is 11.4 Å². The number of anilines is 1. The van der Waals surface area contributed by atoms with Gasteiger partial charge in [0.2, 0.25) is 5.91 Å². The molecule has 9 heteroatoms. The molecule has 1 aromatic heterocycles. The summed E-state index contributed by atoms with van der Waals surface area (Å²) < 4.78 is 24.0. The van der Waals surface area contributed by atoms with Gasteiger partial charge in [-0.25, -0.2) is 8.42 Å². The molecule has 0 spiro atoms. The molecular weight excluding hydrogens is 415 g/mol. The van der Waals surface area contributed by atoms with Crippen LogP contribution in [0.3, 0.4) is 0 Å². The Morgan fingerprint density at radius 3 is 2.62 bits per heavy atom. The molecule has 0 aliphatic carbocycles. The van der Waals surface area contributed by atoms with Crippen LogP contribution in [0.15, 0.2) is 47.9 Å². The van der Waals surface area contributed by atoms with Crippen LogP contribution in [0.4, 0.5) is 5.69 Å². The molecule has 1 N–H and O–H groups in total. The van der Waals surface area contributed by atoms with Crippen molar-refractivity contribution < 1.29 is 13.2 Å². The number of hydrogen-bond donors (Lipinski definition) is 1. The summed E-state index contributed by atoms with van der Waals surface area (Å²) in [5.41, 5.74) is 0.261. The van der Waals surface area contributed by atoms with E-state index in [-0.39, 0.29) is 28.1 Å². The Kier molecular flexibility index (Phi) is 7.25. The Morgan fingerprint density at radius 2 is 2.04 bits per heavy atom. The molecule has 26 heavy (non-hydrogen) atoms. The summed E-state index contributed by atoms with van der Waals surface area (Å²) in [6.07, 6.45) is 2.81. The van der Waals surface area contributed by atoms with Crippen LogP contribution in [0.1, 0.15) is 4.88 Å². The molecule has 1 aromatic carbocycles. The number of sulfone groups is 1. The van der Waals surface area contributed by atoms with Crippen molar-refractivity contribution in [2.24, 2.45) is 0 Å². The van der Waals surface area contributed by atoms with E-state index in [9.17, 15) is 13.2 Å². The second kappa shape index (κ2) is 9.01. The van der Waals surface area contributed by atoms with E-state index in [1.165, 1.54) is 29.5 Å². The van der Waals surface area contributed by atoms with E-state index in [1.54, 1.807) is 6.08 Å². The molecule has 5 nitrogen and oxygen atoms in total. The maximum Gasteiger partial charge on any atom is 0.238 e. The number of benzene rings is 1. The van der Waals surface area contributed by atoms with Gasteiger partial charge in [0.1, 0.15) is 0 Å². The lowest BCUT2D eigenvalue weighted by molar-refractivity contribution is -0.117. The van der Waals surface area contributed by atoms with Gasteiger partial charge in [0.15, 0.2) is 9.84 Å². The van der Waals surface area contributed by atoms with Crippen molar-refractivity contribution in [3.05, 3.63) is 57.2 Å². The molecule has 2 aromatic rings. The van der Waals surface area contributed by atoms with E-state index >= 15 is 0 Å². The number of halogens is 2. The first-order valence-electron chi connectivity index (χ1n) is 7.56. The first-order valence-corrected chi connectivity index (χ1v) is 11.0. The predicted molar refractivity (Wildman–Crippen MR) is 108 cm³/mol. The summed E-state index contributed by atoms with van der Waals surface area (Å²) in [5, 5.41) is 2.94. The topological polar surface area (TPSA) is 66.5 Å². The molecule has 0 aliphatic rings. The number of rotatable bonds is 8. The number of hydrogen-bond acceptors (Lipinski definition) is 5. The molecule has 0 radical (unpaired) electrons. The van der Waals surface area contributed by atoms with Gasteiger partial charge in [0, 0.05) is 24.2 Å². The summed E-state index contributed by atoms with van der Waals surface area (Å²) in [6, 6.07) is 7.92. The quantitative estimate of drug-likeness (QED) is 0.637. The van der Waals surface area contributed by atoms with Crippen LogP contribution in [0.25, 0.3) is 0 Å². The number of amides is 1. The largest absolute Gasteiger partial charge is 0.324 e. The molecule has 140 valence electrons. The highest BCUT2D eigenvalue weighted by molar-refractivity contribution is 7.90. The maximum absolute atomic E-state index is 12.4. The molecule has 0 unspecified atom stereocenters. The third-order valence-corrected chi connectivity index (χ3v) is 6.06. The minimum Gasteiger partial charge on any atom is -0.324 e. The summed E-state index contributed by atoms with van der Waals surface area (Å²) >= 11 is 13.5. The van der Waals surface area contributed by atoms with Crippen LogP contribution in [0.2, 0.25) is 9.36 Å². The minimum absolute atomic E-state index is 0.0911. The molecule has 0 atom stereocenters. The number of nitrogens with one attached hydrogen (secondary N) is 1. The molecule has 0 bridgehead atoms. The van der Waals surface area contributed by atoms with E-state index < -0.39 is 9.84 Å². The standard InChI is InChI=1S/C17H18Cl2N2O3S2/c1-3-8-21(10-12-4-7-16(19)25-12)11-17(22)20-15-9-13(26(2,23)24)5-6-14(15)18/h3-7,9H,1,8,10-11H2,2H3,(H,20,22). The fourth-order valence-electron chi connectivity index (χ4n) is 2.25. The number of thiophene rings is 1. The Bertz CT molecular complexity index is 910. The molecule has 2 rings (SSSR count). The predicted octanol–water partition coefficient (Wildman–Crippen LogP) is 4.09. The second-order valence-corrected chi connectivity index (χ2v) is 9.85. The van der Waals surface area contributed by atoms with Crippen LogP contribution in [0, 0.1) is 0 Å². The smallest absolute Gasteiger partial charge is 0.238 e. The van der Waals surface area contributed by atoms with Crippen molar-refractivity contribution >= 4 is 56.0 Å². The Labute approximate surface area is 167 Å².